The number of rotatable bonds is 12. The smallest absolute Gasteiger partial charge is 0.460 e. The van der Waals surface area contributed by atoms with E-state index in [1.165, 1.54) is 5.32 Å². The molecule has 0 fully saturated rings. The van der Waals surface area contributed by atoms with E-state index in [-0.39, 0.29) is 5.57 Å². The fraction of sp³-hybridized carbons (Fsp3) is 0.750. The lowest BCUT2D eigenvalue weighted by molar-refractivity contribution is -0.462. The SMILES string of the molecule is C=C(C)C(=O)OCCNC(=O)OCC(F)(F)C(F)(F)C(F)(F)C(F)(F)C(F)(F)C(F)(F)C(F)(F)C(F)(F)F. The third kappa shape index (κ3) is 5.81. The van der Waals surface area contributed by atoms with E-state index in [9.17, 15) is 84.2 Å². The standard InChI is InChI=1S/C16H12F17NO4/c1-6(2)7(35)37-4-3-34-8(36)38-5-9(17,18)10(19,20)11(21,22)12(23,24)13(25,26)14(27,28)15(29,30)16(31,32)33/h1,3-5H2,2H3,(H,34,36). The third-order valence-electron chi connectivity index (χ3n) is 4.12. The summed E-state index contributed by atoms with van der Waals surface area (Å²) in [7, 11) is 0. The second-order valence-corrected chi connectivity index (χ2v) is 7.07. The van der Waals surface area contributed by atoms with Crippen molar-refractivity contribution in [3.8, 4) is 0 Å². The molecule has 0 aliphatic rings. The maximum atomic E-state index is 13.6. The van der Waals surface area contributed by atoms with Crippen molar-refractivity contribution in [1.29, 1.82) is 0 Å². The van der Waals surface area contributed by atoms with Gasteiger partial charge in [-0.3, -0.25) is 0 Å². The molecule has 224 valence electrons. The number of ether oxygens (including phenoxy) is 2. The number of halogens is 17. The van der Waals surface area contributed by atoms with Crippen LogP contribution in [0.15, 0.2) is 12.2 Å². The van der Waals surface area contributed by atoms with Gasteiger partial charge in [0.05, 0.1) is 6.54 Å². The number of carbonyl (C=O) groups excluding carboxylic acids is 2. The van der Waals surface area contributed by atoms with Gasteiger partial charge in [0, 0.05) is 5.57 Å². The molecule has 0 aliphatic heterocycles. The molecule has 38 heavy (non-hydrogen) atoms. The summed E-state index contributed by atoms with van der Waals surface area (Å²) >= 11 is 0. The summed E-state index contributed by atoms with van der Waals surface area (Å²) in [6.07, 6.45) is -10.1. The van der Waals surface area contributed by atoms with Crippen molar-refractivity contribution in [2.45, 2.75) is 54.6 Å². The van der Waals surface area contributed by atoms with Gasteiger partial charge in [-0.25, -0.2) is 9.59 Å². The van der Waals surface area contributed by atoms with E-state index < -0.39 is 79.5 Å². The van der Waals surface area contributed by atoms with Gasteiger partial charge < -0.3 is 14.8 Å². The number of alkyl halides is 17. The molecule has 0 aliphatic carbocycles. The summed E-state index contributed by atoms with van der Waals surface area (Å²) < 4.78 is 230. The molecule has 0 radical (unpaired) electrons. The van der Waals surface area contributed by atoms with Crippen LogP contribution in [-0.4, -0.2) is 79.5 Å². The van der Waals surface area contributed by atoms with Gasteiger partial charge in [-0.15, -0.1) is 0 Å². The highest BCUT2D eigenvalue weighted by Crippen LogP contribution is 2.63. The van der Waals surface area contributed by atoms with Gasteiger partial charge in [-0.2, -0.15) is 74.6 Å². The Morgan fingerprint density at radius 1 is 0.632 bits per heavy atom. The van der Waals surface area contributed by atoms with Gasteiger partial charge in [-0.1, -0.05) is 6.58 Å². The Labute approximate surface area is 198 Å². The van der Waals surface area contributed by atoms with Gasteiger partial charge in [-0.05, 0) is 6.92 Å². The van der Waals surface area contributed by atoms with E-state index in [0.29, 0.717) is 0 Å². The predicted molar refractivity (Wildman–Crippen MR) is 85.8 cm³/mol. The molecule has 0 saturated heterocycles. The van der Waals surface area contributed by atoms with Crippen LogP contribution in [0.25, 0.3) is 0 Å². The van der Waals surface area contributed by atoms with Crippen LogP contribution in [0, 0.1) is 0 Å². The van der Waals surface area contributed by atoms with E-state index in [1.54, 1.807) is 0 Å². The van der Waals surface area contributed by atoms with Crippen molar-refractivity contribution in [3.63, 3.8) is 0 Å². The summed E-state index contributed by atoms with van der Waals surface area (Å²) in [6.45, 7) is -0.769. The fourth-order valence-corrected chi connectivity index (χ4v) is 1.91. The maximum Gasteiger partial charge on any atom is 0.460 e. The zero-order valence-corrected chi connectivity index (χ0v) is 17.9. The maximum absolute atomic E-state index is 13.6. The van der Waals surface area contributed by atoms with E-state index in [2.05, 4.69) is 16.1 Å². The number of nitrogens with one attached hydrogen (secondary N) is 1. The molecule has 22 heteroatoms. The zero-order valence-electron chi connectivity index (χ0n) is 17.9. The average Bonchev–Trinajstić information content (AvgIpc) is 2.73. The van der Waals surface area contributed by atoms with Crippen molar-refractivity contribution in [2.75, 3.05) is 19.8 Å². The van der Waals surface area contributed by atoms with Crippen molar-refractivity contribution >= 4 is 12.1 Å². The first-order valence-corrected chi connectivity index (χ1v) is 8.92. The molecule has 0 aromatic rings. The highest BCUT2D eigenvalue weighted by atomic mass is 19.4. The molecule has 0 spiro atoms. The Balaban J connectivity index is 5.90. The summed E-state index contributed by atoms with van der Waals surface area (Å²) in [5.74, 6) is -58.7. The minimum absolute atomic E-state index is 0.183. The Hall–Kier alpha value is -2.71. The first kappa shape index (κ1) is 35.3. The minimum atomic E-state index is -8.75. The lowest BCUT2D eigenvalue weighted by Crippen LogP contribution is -2.74. The molecule has 1 amide bonds. The molecule has 0 aromatic carbocycles. The Morgan fingerprint density at radius 3 is 1.37 bits per heavy atom. The Kier molecular flexibility index (Phi) is 9.71. The number of carbonyl (C=O) groups is 2. The first-order valence-electron chi connectivity index (χ1n) is 8.92. The normalized spacial score (nSPS) is 14.7. The largest absolute Gasteiger partial charge is 0.460 e. The number of hydrogen-bond acceptors (Lipinski definition) is 4. The molecular weight excluding hydrogens is 593 g/mol. The van der Waals surface area contributed by atoms with Crippen LogP contribution in [0.3, 0.4) is 0 Å². The van der Waals surface area contributed by atoms with E-state index >= 15 is 0 Å². The van der Waals surface area contributed by atoms with E-state index in [0.717, 1.165) is 6.92 Å². The second kappa shape index (κ2) is 10.5. The van der Waals surface area contributed by atoms with Crippen LogP contribution < -0.4 is 5.32 Å². The van der Waals surface area contributed by atoms with Crippen LogP contribution >= 0.6 is 0 Å². The van der Waals surface area contributed by atoms with Crippen molar-refractivity contribution in [2.24, 2.45) is 0 Å². The predicted octanol–water partition coefficient (Wildman–Crippen LogP) is 5.84. The third-order valence-corrected chi connectivity index (χ3v) is 4.12. The lowest BCUT2D eigenvalue weighted by Gasteiger charge is -2.42. The second-order valence-electron chi connectivity index (χ2n) is 7.07. The molecule has 1 N–H and O–H groups in total. The van der Waals surface area contributed by atoms with Gasteiger partial charge in [0.15, 0.2) is 6.61 Å². The molecule has 0 bridgehead atoms. The zero-order chi connectivity index (χ0) is 31.0. The number of amides is 1. The molecule has 0 rings (SSSR count). The van der Waals surface area contributed by atoms with Crippen molar-refractivity contribution < 1.29 is 93.7 Å². The topological polar surface area (TPSA) is 64.6 Å². The average molecular weight is 605 g/mol. The molecule has 5 nitrogen and oxygen atoms in total. The van der Waals surface area contributed by atoms with Gasteiger partial charge in [0.1, 0.15) is 6.61 Å². The highest BCUT2D eigenvalue weighted by molar-refractivity contribution is 5.86. The highest BCUT2D eigenvalue weighted by Gasteiger charge is 2.95. The number of hydrogen-bond donors (Lipinski definition) is 1. The molecular formula is C16H12F17NO4. The number of esters is 1. The monoisotopic (exact) mass is 605 g/mol. The Morgan fingerprint density at radius 2 is 1.00 bits per heavy atom. The van der Waals surface area contributed by atoms with E-state index in [1.807, 2.05) is 0 Å². The summed E-state index contributed by atoms with van der Waals surface area (Å²) in [4.78, 5) is 22.1. The molecule has 0 saturated carbocycles. The Bertz CT molecular complexity index is 897. The van der Waals surface area contributed by atoms with Gasteiger partial charge in [0.25, 0.3) is 0 Å². The van der Waals surface area contributed by atoms with Crippen LogP contribution in [0.5, 0.6) is 0 Å². The van der Waals surface area contributed by atoms with Crippen molar-refractivity contribution in [1.82, 2.24) is 5.32 Å². The minimum Gasteiger partial charge on any atom is -0.460 e. The summed E-state index contributed by atoms with van der Waals surface area (Å²) in [5.41, 5.74) is -0.183. The fourth-order valence-electron chi connectivity index (χ4n) is 1.91. The molecule has 0 aromatic heterocycles. The first-order chi connectivity index (χ1) is 16.5. The van der Waals surface area contributed by atoms with Crippen LogP contribution in [-0.2, 0) is 14.3 Å². The van der Waals surface area contributed by atoms with Crippen LogP contribution in [0.1, 0.15) is 6.92 Å². The molecule has 0 unspecified atom stereocenters. The lowest BCUT2D eigenvalue weighted by atomic mass is 9.89. The summed E-state index contributed by atoms with van der Waals surface area (Å²) in [6, 6.07) is 0. The van der Waals surface area contributed by atoms with E-state index in [4.69, 9.17) is 0 Å². The van der Waals surface area contributed by atoms with Gasteiger partial charge >= 0.3 is 59.7 Å². The molecule has 0 atom stereocenters. The number of alkyl carbamates (subject to hydrolysis) is 1. The molecule has 0 heterocycles. The van der Waals surface area contributed by atoms with Crippen LogP contribution in [0.2, 0.25) is 0 Å². The summed E-state index contributed by atoms with van der Waals surface area (Å²) in [5, 5.41) is 1.35. The van der Waals surface area contributed by atoms with Crippen LogP contribution in [0.4, 0.5) is 79.4 Å². The van der Waals surface area contributed by atoms with Crippen molar-refractivity contribution in [3.05, 3.63) is 12.2 Å². The van der Waals surface area contributed by atoms with Gasteiger partial charge in [0.2, 0.25) is 0 Å². The quantitative estimate of drug-likeness (QED) is 0.132.